The number of benzene rings is 2. The first-order valence-corrected chi connectivity index (χ1v) is 10.8. The van der Waals surface area contributed by atoms with E-state index in [0.717, 1.165) is 44.0 Å². The van der Waals surface area contributed by atoms with Gasteiger partial charge in [0, 0.05) is 30.9 Å². The van der Waals surface area contributed by atoms with Crippen molar-refractivity contribution in [2.45, 2.75) is 38.6 Å². The van der Waals surface area contributed by atoms with E-state index in [9.17, 15) is 4.79 Å². The van der Waals surface area contributed by atoms with Gasteiger partial charge in [0.15, 0.2) is 0 Å². The molecule has 5 heteroatoms. The van der Waals surface area contributed by atoms with Gasteiger partial charge in [0.25, 0.3) is 5.91 Å². The van der Waals surface area contributed by atoms with Gasteiger partial charge in [0.1, 0.15) is 5.75 Å². The highest BCUT2D eigenvalue weighted by atomic mass is 16.5. The molecule has 1 saturated heterocycles. The van der Waals surface area contributed by atoms with Crippen LogP contribution in [-0.4, -0.2) is 48.5 Å². The fourth-order valence-corrected chi connectivity index (χ4v) is 4.28. The molecule has 1 amide bonds. The number of carbonyl (C=O) groups is 1. The highest BCUT2D eigenvalue weighted by molar-refractivity contribution is 5.94. The van der Waals surface area contributed by atoms with E-state index in [1.54, 1.807) is 0 Å². The Morgan fingerprint density at radius 3 is 2.55 bits per heavy atom. The van der Waals surface area contributed by atoms with Gasteiger partial charge in [-0.15, -0.1) is 0 Å². The Bertz CT molecular complexity index is 829. The molecule has 2 N–H and O–H groups in total. The minimum atomic E-state index is 0.0733. The second-order valence-electron chi connectivity index (χ2n) is 8.13. The largest absolute Gasteiger partial charge is 0.494 e. The van der Waals surface area contributed by atoms with Crippen molar-refractivity contribution in [3.63, 3.8) is 0 Å². The standard InChI is InChI=1S/C24H31N3O2/c25-22-8-5-21-18-27(15-11-20(21)17-22)24(28)19-6-9-23(10-7-19)29-16-4-14-26-12-2-1-3-13-26/h5-10,17H,1-4,11-16,18,25H2. The second kappa shape index (κ2) is 9.31. The number of piperidine rings is 1. The molecule has 2 aliphatic heterocycles. The normalized spacial score (nSPS) is 17.0. The number of nitrogens with two attached hydrogens (primary N) is 1. The van der Waals surface area contributed by atoms with Crippen molar-refractivity contribution in [1.82, 2.24) is 9.80 Å². The van der Waals surface area contributed by atoms with E-state index >= 15 is 0 Å². The van der Waals surface area contributed by atoms with Gasteiger partial charge in [0.05, 0.1) is 6.61 Å². The number of hydrogen-bond donors (Lipinski definition) is 1. The molecule has 154 valence electrons. The molecule has 0 spiro atoms. The lowest BCUT2D eigenvalue weighted by Gasteiger charge is -2.29. The molecule has 2 aromatic carbocycles. The summed E-state index contributed by atoms with van der Waals surface area (Å²) in [4.78, 5) is 17.3. The van der Waals surface area contributed by atoms with Crippen molar-refractivity contribution in [2.24, 2.45) is 0 Å². The summed E-state index contributed by atoms with van der Waals surface area (Å²) in [5, 5.41) is 0. The molecular formula is C24H31N3O2. The number of ether oxygens (including phenoxy) is 1. The Kier molecular flexibility index (Phi) is 6.35. The van der Waals surface area contributed by atoms with Crippen LogP contribution in [0.3, 0.4) is 0 Å². The Morgan fingerprint density at radius 2 is 1.76 bits per heavy atom. The molecule has 2 heterocycles. The van der Waals surface area contributed by atoms with Crippen molar-refractivity contribution in [2.75, 3.05) is 38.5 Å². The third kappa shape index (κ3) is 5.10. The summed E-state index contributed by atoms with van der Waals surface area (Å²) < 4.78 is 5.87. The summed E-state index contributed by atoms with van der Waals surface area (Å²) >= 11 is 0. The van der Waals surface area contributed by atoms with Crippen LogP contribution in [0.15, 0.2) is 42.5 Å². The van der Waals surface area contributed by atoms with Gasteiger partial charge in [-0.2, -0.15) is 0 Å². The van der Waals surface area contributed by atoms with Gasteiger partial charge in [-0.05, 0) is 86.3 Å². The summed E-state index contributed by atoms with van der Waals surface area (Å²) in [6.07, 6.45) is 5.92. The molecular weight excluding hydrogens is 362 g/mol. The van der Waals surface area contributed by atoms with Crippen molar-refractivity contribution in [3.8, 4) is 5.75 Å². The van der Waals surface area contributed by atoms with Gasteiger partial charge < -0.3 is 20.3 Å². The SMILES string of the molecule is Nc1ccc2c(c1)CCN(C(=O)c1ccc(OCCCN3CCCCC3)cc1)C2. The average Bonchev–Trinajstić information content (AvgIpc) is 2.77. The summed E-state index contributed by atoms with van der Waals surface area (Å²) in [5.41, 5.74) is 9.81. The Labute approximate surface area is 173 Å². The fourth-order valence-electron chi connectivity index (χ4n) is 4.28. The molecule has 0 atom stereocenters. The predicted octanol–water partition coefficient (Wildman–Crippen LogP) is 3.72. The smallest absolute Gasteiger partial charge is 0.254 e. The van der Waals surface area contributed by atoms with Crippen LogP contribution in [0.5, 0.6) is 5.75 Å². The molecule has 5 nitrogen and oxygen atoms in total. The molecule has 0 radical (unpaired) electrons. The lowest BCUT2D eigenvalue weighted by Crippen LogP contribution is -2.35. The van der Waals surface area contributed by atoms with Crippen molar-refractivity contribution in [3.05, 3.63) is 59.2 Å². The van der Waals surface area contributed by atoms with Crippen LogP contribution in [0.2, 0.25) is 0 Å². The van der Waals surface area contributed by atoms with Crippen LogP contribution in [0.4, 0.5) is 5.69 Å². The predicted molar refractivity (Wildman–Crippen MR) is 116 cm³/mol. The second-order valence-corrected chi connectivity index (χ2v) is 8.13. The third-order valence-corrected chi connectivity index (χ3v) is 5.97. The lowest BCUT2D eigenvalue weighted by molar-refractivity contribution is 0.0734. The van der Waals surface area contributed by atoms with Crippen LogP contribution in [0.1, 0.15) is 47.2 Å². The number of amides is 1. The van der Waals surface area contributed by atoms with E-state index in [1.165, 1.54) is 43.5 Å². The minimum Gasteiger partial charge on any atom is -0.494 e. The number of hydrogen-bond acceptors (Lipinski definition) is 4. The first kappa shape index (κ1) is 19.8. The van der Waals surface area contributed by atoms with E-state index in [2.05, 4.69) is 4.90 Å². The molecule has 0 aromatic heterocycles. The van der Waals surface area contributed by atoms with Gasteiger partial charge in [-0.25, -0.2) is 0 Å². The maximum absolute atomic E-state index is 12.9. The van der Waals surface area contributed by atoms with Gasteiger partial charge >= 0.3 is 0 Å². The lowest BCUT2D eigenvalue weighted by atomic mass is 9.98. The monoisotopic (exact) mass is 393 g/mol. The summed E-state index contributed by atoms with van der Waals surface area (Å²) in [7, 11) is 0. The molecule has 2 aliphatic rings. The number of anilines is 1. The molecule has 4 rings (SSSR count). The van der Waals surface area contributed by atoms with E-state index in [-0.39, 0.29) is 5.91 Å². The van der Waals surface area contributed by atoms with Crippen LogP contribution < -0.4 is 10.5 Å². The molecule has 0 bridgehead atoms. The highest BCUT2D eigenvalue weighted by Crippen LogP contribution is 2.23. The zero-order valence-corrected chi connectivity index (χ0v) is 17.1. The molecule has 0 unspecified atom stereocenters. The summed E-state index contributed by atoms with van der Waals surface area (Å²) in [5.74, 6) is 0.906. The topological polar surface area (TPSA) is 58.8 Å². The van der Waals surface area contributed by atoms with Crippen molar-refractivity contribution in [1.29, 1.82) is 0 Å². The van der Waals surface area contributed by atoms with Crippen LogP contribution in [0, 0.1) is 0 Å². The Morgan fingerprint density at radius 1 is 0.966 bits per heavy atom. The zero-order valence-electron chi connectivity index (χ0n) is 17.1. The molecule has 0 aliphatic carbocycles. The fraction of sp³-hybridized carbons (Fsp3) is 0.458. The number of nitrogen functional groups attached to an aromatic ring is 1. The molecule has 1 fully saturated rings. The number of nitrogens with zero attached hydrogens (tertiary/aromatic N) is 2. The summed E-state index contributed by atoms with van der Waals surface area (Å²) in [6.45, 7) is 5.65. The zero-order chi connectivity index (χ0) is 20.1. The quantitative estimate of drug-likeness (QED) is 0.600. The maximum atomic E-state index is 12.9. The van der Waals surface area contributed by atoms with Gasteiger partial charge in [-0.1, -0.05) is 12.5 Å². The van der Waals surface area contributed by atoms with Crippen molar-refractivity contribution < 1.29 is 9.53 Å². The first-order chi connectivity index (χ1) is 14.2. The minimum absolute atomic E-state index is 0.0733. The number of rotatable bonds is 6. The van der Waals surface area contributed by atoms with Gasteiger partial charge in [0.2, 0.25) is 0 Å². The highest BCUT2D eigenvalue weighted by Gasteiger charge is 2.22. The Hall–Kier alpha value is -2.53. The Balaban J connectivity index is 1.26. The number of fused-ring (bicyclic) bond motifs is 1. The number of likely N-dealkylation sites (tertiary alicyclic amines) is 1. The molecule has 2 aromatic rings. The van der Waals surface area contributed by atoms with Crippen LogP contribution in [0.25, 0.3) is 0 Å². The average molecular weight is 394 g/mol. The van der Waals surface area contributed by atoms with E-state index < -0.39 is 0 Å². The van der Waals surface area contributed by atoms with E-state index in [0.29, 0.717) is 12.1 Å². The van der Waals surface area contributed by atoms with Crippen molar-refractivity contribution >= 4 is 11.6 Å². The first-order valence-electron chi connectivity index (χ1n) is 10.8. The van der Waals surface area contributed by atoms with Crippen LogP contribution >= 0.6 is 0 Å². The molecule has 29 heavy (non-hydrogen) atoms. The number of carbonyl (C=O) groups excluding carboxylic acids is 1. The van der Waals surface area contributed by atoms with E-state index in [4.69, 9.17) is 10.5 Å². The van der Waals surface area contributed by atoms with Gasteiger partial charge in [-0.3, -0.25) is 4.79 Å². The maximum Gasteiger partial charge on any atom is 0.254 e. The van der Waals surface area contributed by atoms with E-state index in [1.807, 2.05) is 47.4 Å². The van der Waals surface area contributed by atoms with Crippen LogP contribution in [-0.2, 0) is 13.0 Å². The third-order valence-electron chi connectivity index (χ3n) is 5.97. The summed E-state index contributed by atoms with van der Waals surface area (Å²) in [6, 6.07) is 13.5. The molecule has 0 saturated carbocycles.